The number of amides is 2. The number of hydrazine groups is 1. The molecule has 0 bridgehead atoms. The number of benzene rings is 1. The number of imidazole rings is 1. The first-order valence-electron chi connectivity index (χ1n) is 10.8. The predicted molar refractivity (Wildman–Crippen MR) is 120 cm³/mol. The van der Waals surface area contributed by atoms with Crippen LogP contribution in [0.1, 0.15) is 29.0 Å². The number of nitrogens with zero attached hydrogens (tertiary/aromatic N) is 3. The van der Waals surface area contributed by atoms with Gasteiger partial charge in [-0.25, -0.2) is 13.4 Å². The second-order valence-corrected chi connectivity index (χ2v) is 9.89. The molecule has 1 unspecified atom stereocenters. The number of hydrogen-bond donors (Lipinski definition) is 2. The van der Waals surface area contributed by atoms with E-state index in [1.54, 1.807) is 35.7 Å². The molecule has 3 aromatic rings. The van der Waals surface area contributed by atoms with Crippen LogP contribution in [0.4, 0.5) is 0 Å². The van der Waals surface area contributed by atoms with Crippen molar-refractivity contribution in [3.63, 3.8) is 0 Å². The molecule has 2 aliphatic rings. The van der Waals surface area contributed by atoms with Crippen molar-refractivity contribution in [3.05, 3.63) is 54.0 Å². The molecule has 178 valence electrons. The van der Waals surface area contributed by atoms with E-state index < -0.39 is 27.9 Å². The topological polar surface area (TPSA) is 131 Å². The fourth-order valence-corrected chi connectivity index (χ4v) is 5.93. The van der Waals surface area contributed by atoms with Gasteiger partial charge < -0.3 is 9.47 Å². The van der Waals surface area contributed by atoms with Crippen LogP contribution in [0.25, 0.3) is 5.65 Å². The molecule has 5 rings (SSSR count). The maximum absolute atomic E-state index is 13.3. The summed E-state index contributed by atoms with van der Waals surface area (Å²) in [5.74, 6) is -0.336. The molecule has 2 aromatic heterocycles. The summed E-state index contributed by atoms with van der Waals surface area (Å²) in [5, 5.41) is 0. The fourth-order valence-electron chi connectivity index (χ4n) is 4.26. The van der Waals surface area contributed by atoms with E-state index in [4.69, 9.17) is 9.47 Å². The van der Waals surface area contributed by atoms with Crippen molar-refractivity contribution in [1.29, 1.82) is 0 Å². The highest BCUT2D eigenvalue weighted by Crippen LogP contribution is 2.34. The third-order valence-electron chi connectivity index (χ3n) is 5.85. The van der Waals surface area contributed by atoms with Gasteiger partial charge in [-0.05, 0) is 44.0 Å². The number of aromatic nitrogens is 2. The van der Waals surface area contributed by atoms with Crippen LogP contribution in [0.15, 0.2) is 47.5 Å². The van der Waals surface area contributed by atoms with Crippen LogP contribution in [0.3, 0.4) is 0 Å². The Morgan fingerprint density at radius 1 is 1.09 bits per heavy atom. The number of carbonyl (C=O) groups excluding carboxylic acids is 2. The van der Waals surface area contributed by atoms with Crippen molar-refractivity contribution in [3.8, 4) is 11.5 Å². The minimum absolute atomic E-state index is 0.0156. The van der Waals surface area contributed by atoms with Gasteiger partial charge >= 0.3 is 0 Å². The normalized spacial score (nSPS) is 18.1. The minimum Gasteiger partial charge on any atom is -0.486 e. The number of aryl methyl sites for hydroxylation is 1. The standard InChI is InChI=1S/C22H23N5O6S/c1-14-20(26-9-3-2-6-19(26)23-14)22(29)25-24-21(28)16-5-4-10-27(16)34(30,31)15-7-8-17-18(13-15)33-12-11-32-17/h2-3,6-9,13,16H,4-5,10-12H2,1H3,(H,24,28)(H,25,29). The van der Waals surface area contributed by atoms with Crippen LogP contribution in [0.2, 0.25) is 0 Å². The lowest BCUT2D eigenvalue weighted by Gasteiger charge is -2.24. The van der Waals surface area contributed by atoms with Crippen LogP contribution < -0.4 is 20.3 Å². The van der Waals surface area contributed by atoms with E-state index in [9.17, 15) is 18.0 Å². The molecule has 2 aliphatic heterocycles. The Morgan fingerprint density at radius 2 is 1.88 bits per heavy atom. The van der Waals surface area contributed by atoms with Gasteiger partial charge in [-0.2, -0.15) is 4.31 Å². The van der Waals surface area contributed by atoms with Gasteiger partial charge in [0.15, 0.2) is 11.5 Å². The highest BCUT2D eigenvalue weighted by atomic mass is 32.2. The summed E-state index contributed by atoms with van der Waals surface area (Å²) >= 11 is 0. The number of hydrogen-bond acceptors (Lipinski definition) is 7. The number of sulfonamides is 1. The van der Waals surface area contributed by atoms with Gasteiger partial charge in [-0.1, -0.05) is 6.07 Å². The second kappa shape index (κ2) is 8.61. The average Bonchev–Trinajstić information content (AvgIpc) is 3.46. The first kappa shape index (κ1) is 22.2. The van der Waals surface area contributed by atoms with Crippen LogP contribution in [-0.2, 0) is 14.8 Å². The highest BCUT2D eigenvalue weighted by molar-refractivity contribution is 7.89. The molecular formula is C22H23N5O6S. The van der Waals surface area contributed by atoms with Gasteiger partial charge in [-0.15, -0.1) is 0 Å². The van der Waals surface area contributed by atoms with Gasteiger partial charge in [-0.3, -0.25) is 24.8 Å². The van der Waals surface area contributed by atoms with E-state index in [1.165, 1.54) is 12.1 Å². The summed E-state index contributed by atoms with van der Waals surface area (Å²) in [4.78, 5) is 30.0. The molecular weight excluding hydrogens is 462 g/mol. The summed E-state index contributed by atoms with van der Waals surface area (Å²) in [6, 6.07) is 8.77. The molecule has 34 heavy (non-hydrogen) atoms. The van der Waals surface area contributed by atoms with Gasteiger partial charge in [0.2, 0.25) is 10.0 Å². The van der Waals surface area contributed by atoms with E-state index in [0.717, 1.165) is 4.31 Å². The Balaban J connectivity index is 1.31. The smallest absolute Gasteiger partial charge is 0.288 e. The molecule has 2 N–H and O–H groups in total. The van der Waals surface area contributed by atoms with E-state index in [1.807, 2.05) is 6.07 Å². The van der Waals surface area contributed by atoms with E-state index >= 15 is 0 Å². The molecule has 2 amide bonds. The molecule has 4 heterocycles. The zero-order valence-electron chi connectivity index (χ0n) is 18.4. The monoisotopic (exact) mass is 485 g/mol. The zero-order valence-corrected chi connectivity index (χ0v) is 19.2. The van der Waals surface area contributed by atoms with Crippen molar-refractivity contribution < 1.29 is 27.5 Å². The molecule has 11 nitrogen and oxygen atoms in total. The molecule has 1 atom stereocenters. The van der Waals surface area contributed by atoms with Crippen LogP contribution in [0.5, 0.6) is 11.5 Å². The van der Waals surface area contributed by atoms with E-state index in [0.29, 0.717) is 48.9 Å². The van der Waals surface area contributed by atoms with Crippen LogP contribution in [0, 0.1) is 6.92 Å². The van der Waals surface area contributed by atoms with Crippen molar-refractivity contribution in [2.75, 3.05) is 19.8 Å². The van der Waals surface area contributed by atoms with Crippen molar-refractivity contribution in [2.24, 2.45) is 0 Å². The lowest BCUT2D eigenvalue weighted by atomic mass is 10.2. The van der Waals surface area contributed by atoms with Crippen molar-refractivity contribution in [2.45, 2.75) is 30.7 Å². The number of fused-ring (bicyclic) bond motifs is 2. The minimum atomic E-state index is -3.97. The zero-order chi connectivity index (χ0) is 23.9. The van der Waals surface area contributed by atoms with E-state index in [2.05, 4.69) is 15.8 Å². The number of pyridine rings is 1. The Morgan fingerprint density at radius 3 is 2.71 bits per heavy atom. The first-order valence-corrected chi connectivity index (χ1v) is 12.3. The lowest BCUT2D eigenvalue weighted by molar-refractivity contribution is -0.125. The summed E-state index contributed by atoms with van der Waals surface area (Å²) < 4.78 is 40.3. The molecule has 0 radical (unpaired) electrons. The first-order chi connectivity index (χ1) is 16.4. The third-order valence-corrected chi connectivity index (χ3v) is 7.75. The fraction of sp³-hybridized carbons (Fsp3) is 0.318. The third kappa shape index (κ3) is 3.84. The number of ether oxygens (including phenoxy) is 2. The maximum atomic E-state index is 13.3. The predicted octanol–water partition coefficient (Wildman–Crippen LogP) is 1.03. The summed E-state index contributed by atoms with van der Waals surface area (Å²) in [7, 11) is -3.97. The van der Waals surface area contributed by atoms with E-state index in [-0.39, 0.29) is 17.1 Å². The highest BCUT2D eigenvalue weighted by Gasteiger charge is 2.40. The molecule has 1 aromatic carbocycles. The van der Waals surface area contributed by atoms with Gasteiger partial charge in [0.25, 0.3) is 11.8 Å². The van der Waals surface area contributed by atoms with Gasteiger partial charge in [0.1, 0.15) is 30.6 Å². The number of nitrogens with one attached hydrogen (secondary N) is 2. The van der Waals surface area contributed by atoms with Crippen molar-refractivity contribution in [1.82, 2.24) is 24.5 Å². The maximum Gasteiger partial charge on any atom is 0.288 e. The average molecular weight is 486 g/mol. The van der Waals surface area contributed by atoms with Crippen LogP contribution in [-0.4, -0.2) is 59.7 Å². The van der Waals surface area contributed by atoms with Gasteiger partial charge in [0.05, 0.1) is 10.6 Å². The molecule has 0 saturated carbocycles. The Labute approximate surface area is 195 Å². The van der Waals surface area contributed by atoms with Gasteiger partial charge in [0, 0.05) is 18.8 Å². The molecule has 0 aliphatic carbocycles. The Kier molecular flexibility index (Phi) is 5.62. The largest absolute Gasteiger partial charge is 0.486 e. The van der Waals surface area contributed by atoms with Crippen molar-refractivity contribution >= 4 is 27.5 Å². The number of rotatable bonds is 4. The lowest BCUT2D eigenvalue weighted by Crippen LogP contribution is -2.51. The molecule has 12 heteroatoms. The molecule has 1 saturated heterocycles. The van der Waals surface area contributed by atoms with Crippen LogP contribution >= 0.6 is 0 Å². The quantitative estimate of drug-likeness (QED) is 0.528. The second-order valence-electron chi connectivity index (χ2n) is 8.00. The summed E-state index contributed by atoms with van der Waals surface area (Å²) in [6.45, 7) is 2.61. The Bertz CT molecular complexity index is 1390. The molecule has 1 fully saturated rings. The Hall–Kier alpha value is -3.64. The summed E-state index contributed by atoms with van der Waals surface area (Å²) in [6.07, 6.45) is 2.55. The molecule has 0 spiro atoms. The SMILES string of the molecule is Cc1nc2ccccn2c1C(=O)NNC(=O)C1CCCN1S(=O)(=O)c1ccc2c(c1)OCCO2. The number of carbonyl (C=O) groups is 2. The summed E-state index contributed by atoms with van der Waals surface area (Å²) in [5.41, 5.74) is 6.15.